The Hall–Kier alpha value is -1.14. The maximum absolute atomic E-state index is 12.5. The lowest BCUT2D eigenvalue weighted by Crippen LogP contribution is -2.65. The van der Waals surface area contributed by atoms with E-state index in [0.717, 1.165) is 0 Å². The van der Waals surface area contributed by atoms with Gasteiger partial charge in [-0.3, -0.25) is 9.69 Å². The fourth-order valence-electron chi connectivity index (χ4n) is 3.04. The summed E-state index contributed by atoms with van der Waals surface area (Å²) < 4.78 is 11.1. The highest BCUT2D eigenvalue weighted by atomic mass is 16.6. The molecule has 6 nitrogen and oxygen atoms in total. The van der Waals surface area contributed by atoms with Crippen LogP contribution in [0.25, 0.3) is 0 Å². The normalized spacial score (nSPS) is 29.7. The van der Waals surface area contributed by atoms with Crippen molar-refractivity contribution < 1.29 is 19.1 Å². The van der Waals surface area contributed by atoms with E-state index in [1.807, 2.05) is 39.8 Å². The molecular weight excluding hydrogens is 272 g/mol. The molecule has 2 rings (SSSR count). The van der Waals surface area contributed by atoms with Crippen LogP contribution in [0.5, 0.6) is 0 Å². The third kappa shape index (κ3) is 3.74. The molecule has 0 spiro atoms. The number of Topliss-reactive ketones (excluding diaryl/α,β-unsaturated/α-hetero) is 1. The molecule has 2 saturated heterocycles. The number of nitrogens with zero attached hydrogens (tertiary/aromatic N) is 2. The van der Waals surface area contributed by atoms with Crippen LogP contribution in [0.4, 0.5) is 4.79 Å². The van der Waals surface area contributed by atoms with E-state index in [1.165, 1.54) is 0 Å². The molecule has 2 fully saturated rings. The highest BCUT2D eigenvalue weighted by molar-refractivity contribution is 5.86. The second kappa shape index (κ2) is 5.93. The Morgan fingerprint density at radius 2 is 2.05 bits per heavy atom. The van der Waals surface area contributed by atoms with Crippen LogP contribution in [0.2, 0.25) is 0 Å². The predicted molar refractivity (Wildman–Crippen MR) is 78.1 cm³/mol. The van der Waals surface area contributed by atoms with Gasteiger partial charge in [-0.2, -0.15) is 0 Å². The van der Waals surface area contributed by atoms with Crippen molar-refractivity contribution >= 4 is 11.9 Å². The highest BCUT2D eigenvalue weighted by Crippen LogP contribution is 2.31. The third-order valence-electron chi connectivity index (χ3n) is 3.83. The van der Waals surface area contributed by atoms with Gasteiger partial charge in [0.05, 0.1) is 31.2 Å². The van der Waals surface area contributed by atoms with Gasteiger partial charge in [0, 0.05) is 13.0 Å². The molecule has 6 heteroatoms. The number of rotatable bonds is 2. The summed E-state index contributed by atoms with van der Waals surface area (Å²) in [5.74, 6) is 0.0193. The van der Waals surface area contributed by atoms with Gasteiger partial charge in [0.1, 0.15) is 11.4 Å². The SMILES string of the molecule is CN(C)CC1C(=O)CC2COCC1N2C(=O)OC(C)(C)C. The number of morpholine rings is 1. The molecule has 21 heavy (non-hydrogen) atoms. The Kier molecular flexibility index (Phi) is 4.58. The van der Waals surface area contributed by atoms with Crippen LogP contribution >= 0.6 is 0 Å². The number of piperidine rings is 1. The first-order chi connectivity index (χ1) is 9.69. The summed E-state index contributed by atoms with van der Waals surface area (Å²) in [6.45, 7) is 6.99. The Bertz CT molecular complexity index is 416. The maximum atomic E-state index is 12.5. The summed E-state index contributed by atoms with van der Waals surface area (Å²) in [6, 6.07) is -0.410. The van der Waals surface area contributed by atoms with Crippen molar-refractivity contribution in [1.82, 2.24) is 9.80 Å². The van der Waals surface area contributed by atoms with E-state index in [9.17, 15) is 9.59 Å². The minimum Gasteiger partial charge on any atom is -0.444 e. The molecule has 0 aromatic heterocycles. The molecule has 0 aliphatic carbocycles. The first-order valence-corrected chi connectivity index (χ1v) is 7.45. The molecule has 2 bridgehead atoms. The molecule has 0 aromatic rings. The molecule has 0 aromatic carbocycles. The zero-order chi connectivity index (χ0) is 15.8. The number of carbonyl (C=O) groups is 2. The number of ether oxygens (including phenoxy) is 2. The molecular formula is C15H26N2O4. The maximum Gasteiger partial charge on any atom is 0.410 e. The molecule has 0 N–H and O–H groups in total. The van der Waals surface area contributed by atoms with E-state index in [-0.39, 0.29) is 29.9 Å². The van der Waals surface area contributed by atoms with E-state index in [2.05, 4.69) is 0 Å². The zero-order valence-electron chi connectivity index (χ0n) is 13.6. The van der Waals surface area contributed by atoms with Gasteiger partial charge in [0.25, 0.3) is 0 Å². The van der Waals surface area contributed by atoms with Gasteiger partial charge in [-0.25, -0.2) is 4.79 Å². The molecule has 0 saturated carbocycles. The second-order valence-corrected chi connectivity index (χ2v) is 7.19. The summed E-state index contributed by atoms with van der Waals surface area (Å²) in [5.41, 5.74) is -0.537. The van der Waals surface area contributed by atoms with Crippen molar-refractivity contribution in [2.75, 3.05) is 33.9 Å². The van der Waals surface area contributed by atoms with Crippen LogP contribution in [-0.4, -0.2) is 73.2 Å². The van der Waals surface area contributed by atoms with Crippen molar-refractivity contribution in [2.24, 2.45) is 5.92 Å². The van der Waals surface area contributed by atoms with Crippen molar-refractivity contribution in [3.05, 3.63) is 0 Å². The van der Waals surface area contributed by atoms with Crippen LogP contribution in [0.15, 0.2) is 0 Å². The molecule has 2 aliphatic heterocycles. The molecule has 120 valence electrons. The van der Waals surface area contributed by atoms with Gasteiger partial charge in [0.2, 0.25) is 0 Å². The molecule has 3 atom stereocenters. The lowest BCUT2D eigenvalue weighted by atomic mass is 9.83. The van der Waals surface area contributed by atoms with Crippen molar-refractivity contribution in [1.29, 1.82) is 0 Å². The predicted octanol–water partition coefficient (Wildman–Crippen LogP) is 1.14. The van der Waals surface area contributed by atoms with E-state index in [4.69, 9.17) is 9.47 Å². The Labute approximate surface area is 126 Å². The van der Waals surface area contributed by atoms with E-state index in [0.29, 0.717) is 26.2 Å². The van der Waals surface area contributed by atoms with Crippen LogP contribution in [0.3, 0.4) is 0 Å². The average molecular weight is 298 g/mol. The summed E-state index contributed by atoms with van der Waals surface area (Å²) in [7, 11) is 3.86. The number of hydrogen-bond donors (Lipinski definition) is 0. The van der Waals surface area contributed by atoms with E-state index < -0.39 is 5.60 Å². The molecule has 1 amide bonds. The van der Waals surface area contributed by atoms with Gasteiger partial charge in [0.15, 0.2) is 0 Å². The van der Waals surface area contributed by atoms with Gasteiger partial charge in [-0.05, 0) is 34.9 Å². The lowest BCUT2D eigenvalue weighted by molar-refractivity contribution is -0.145. The topological polar surface area (TPSA) is 59.1 Å². The van der Waals surface area contributed by atoms with E-state index >= 15 is 0 Å². The van der Waals surface area contributed by atoms with Crippen LogP contribution in [0, 0.1) is 5.92 Å². The van der Waals surface area contributed by atoms with Crippen LogP contribution in [0.1, 0.15) is 27.2 Å². The van der Waals surface area contributed by atoms with Gasteiger partial charge in [-0.15, -0.1) is 0 Å². The Morgan fingerprint density at radius 1 is 1.38 bits per heavy atom. The fourth-order valence-corrected chi connectivity index (χ4v) is 3.04. The largest absolute Gasteiger partial charge is 0.444 e. The number of carbonyl (C=O) groups excluding carboxylic acids is 2. The first kappa shape index (κ1) is 16.2. The van der Waals surface area contributed by atoms with Gasteiger partial charge in [-0.1, -0.05) is 0 Å². The number of hydrogen-bond acceptors (Lipinski definition) is 5. The zero-order valence-corrected chi connectivity index (χ0v) is 13.6. The standard InChI is InChI=1S/C15H26N2O4/c1-15(2,3)21-14(19)17-10-6-13(18)11(7-16(4)5)12(17)9-20-8-10/h10-12H,6-9H2,1-5H3. The summed E-state index contributed by atoms with van der Waals surface area (Å²) in [4.78, 5) is 28.5. The minimum atomic E-state index is -0.537. The number of fused-ring (bicyclic) bond motifs is 2. The average Bonchev–Trinajstić information content (AvgIpc) is 2.31. The third-order valence-corrected chi connectivity index (χ3v) is 3.83. The van der Waals surface area contributed by atoms with Crippen LogP contribution < -0.4 is 0 Å². The monoisotopic (exact) mass is 298 g/mol. The summed E-state index contributed by atoms with van der Waals surface area (Å²) >= 11 is 0. The molecule has 0 radical (unpaired) electrons. The summed E-state index contributed by atoms with van der Waals surface area (Å²) in [6.07, 6.45) is 0.0193. The quantitative estimate of drug-likeness (QED) is 0.765. The first-order valence-electron chi connectivity index (χ1n) is 7.45. The van der Waals surface area contributed by atoms with Gasteiger partial charge >= 0.3 is 6.09 Å². The minimum absolute atomic E-state index is 0.190. The number of ketones is 1. The summed E-state index contributed by atoms with van der Waals surface area (Å²) in [5, 5.41) is 0. The van der Waals surface area contributed by atoms with Crippen molar-refractivity contribution in [2.45, 2.75) is 44.9 Å². The lowest BCUT2D eigenvalue weighted by Gasteiger charge is -2.48. The van der Waals surface area contributed by atoms with Crippen molar-refractivity contribution in [3.8, 4) is 0 Å². The Morgan fingerprint density at radius 3 is 2.62 bits per heavy atom. The highest BCUT2D eigenvalue weighted by Gasteiger charge is 2.48. The molecule has 3 unspecified atom stereocenters. The van der Waals surface area contributed by atoms with E-state index in [1.54, 1.807) is 4.90 Å². The second-order valence-electron chi connectivity index (χ2n) is 7.19. The smallest absolute Gasteiger partial charge is 0.410 e. The molecule has 2 aliphatic rings. The number of amides is 1. The van der Waals surface area contributed by atoms with Crippen LogP contribution in [-0.2, 0) is 14.3 Å². The molecule has 2 heterocycles. The fraction of sp³-hybridized carbons (Fsp3) is 0.867. The van der Waals surface area contributed by atoms with Gasteiger partial charge < -0.3 is 14.4 Å². The Balaban J connectivity index is 2.19. The van der Waals surface area contributed by atoms with Crippen molar-refractivity contribution in [3.63, 3.8) is 0 Å².